The van der Waals surface area contributed by atoms with Crippen LogP contribution in [0.1, 0.15) is 68.8 Å². The molecule has 1 aliphatic carbocycles. The Hall–Kier alpha value is -1.16. The van der Waals surface area contributed by atoms with E-state index in [1.54, 1.807) is 7.05 Å². The van der Waals surface area contributed by atoms with Crippen molar-refractivity contribution < 1.29 is 9.00 Å². The number of nitrogens with one attached hydrogen (secondary N) is 3. The number of guanidine groups is 1. The van der Waals surface area contributed by atoms with Gasteiger partial charge in [0.1, 0.15) is 0 Å². The number of nitrogens with zero attached hydrogens (tertiary/aromatic N) is 1. The molecule has 0 aliphatic heterocycles. The number of halogens is 1. The molecule has 4 unspecified atom stereocenters. The third-order valence-electron chi connectivity index (χ3n) is 5.51. The van der Waals surface area contributed by atoms with E-state index in [2.05, 4.69) is 27.9 Å². The Kier molecular flexibility index (Phi) is 12.5. The third kappa shape index (κ3) is 8.53. The average Bonchev–Trinajstić information content (AvgIpc) is 2.76. The van der Waals surface area contributed by atoms with Crippen molar-refractivity contribution in [2.45, 2.75) is 76.8 Å². The molecule has 0 saturated heterocycles. The van der Waals surface area contributed by atoms with Crippen LogP contribution in [0.4, 0.5) is 0 Å². The van der Waals surface area contributed by atoms with Crippen LogP contribution in [0.15, 0.2) is 29.3 Å². The number of benzene rings is 1. The zero-order chi connectivity index (χ0) is 21.2. The Morgan fingerprint density at radius 3 is 2.53 bits per heavy atom. The largest absolute Gasteiger partial charge is 0.354 e. The molecular weight excluding hydrogens is 511 g/mol. The molecule has 3 N–H and O–H groups in total. The van der Waals surface area contributed by atoms with Gasteiger partial charge in [-0.25, -0.2) is 0 Å². The van der Waals surface area contributed by atoms with Crippen molar-refractivity contribution in [3.05, 3.63) is 35.4 Å². The Morgan fingerprint density at radius 2 is 1.93 bits per heavy atom. The molecule has 1 aromatic rings. The van der Waals surface area contributed by atoms with Crippen molar-refractivity contribution in [2.75, 3.05) is 12.8 Å². The highest BCUT2D eigenvalue weighted by molar-refractivity contribution is 14.0. The smallest absolute Gasteiger partial charge is 0.251 e. The van der Waals surface area contributed by atoms with Gasteiger partial charge in [0.25, 0.3) is 5.91 Å². The van der Waals surface area contributed by atoms with Gasteiger partial charge in [0.15, 0.2) is 5.96 Å². The van der Waals surface area contributed by atoms with Gasteiger partial charge in [-0.3, -0.25) is 14.0 Å². The highest BCUT2D eigenvalue weighted by Crippen LogP contribution is 2.23. The summed E-state index contributed by atoms with van der Waals surface area (Å²) >= 11 is 0. The lowest BCUT2D eigenvalue weighted by atomic mass is 9.95. The lowest BCUT2D eigenvalue weighted by Gasteiger charge is -2.30. The van der Waals surface area contributed by atoms with Gasteiger partial charge >= 0.3 is 0 Å². The standard InChI is InChI=1S/C22H36N4O2S.HI/c1-5-16(3)25-21(27)18-12-10-17(11-13-18)15-24-22(23-4)26-19-8-7-9-20(14-19)29(28)6-2;/h10-13,16,19-20H,5-9,14-15H2,1-4H3,(H,25,27)(H2,23,24,26);1H. The molecule has 8 heteroatoms. The van der Waals surface area contributed by atoms with Crippen molar-refractivity contribution in [2.24, 2.45) is 4.99 Å². The van der Waals surface area contributed by atoms with Crippen LogP contribution in [0.2, 0.25) is 0 Å². The maximum atomic E-state index is 12.2. The number of hydrogen-bond donors (Lipinski definition) is 3. The quantitative estimate of drug-likeness (QED) is 0.264. The molecule has 0 heterocycles. The summed E-state index contributed by atoms with van der Waals surface area (Å²) in [5.74, 6) is 1.46. The van der Waals surface area contributed by atoms with E-state index in [0.717, 1.165) is 49.4 Å². The van der Waals surface area contributed by atoms with Gasteiger partial charge in [-0.1, -0.05) is 32.4 Å². The first kappa shape index (κ1) is 26.9. The average molecular weight is 549 g/mol. The van der Waals surface area contributed by atoms with Crippen LogP contribution in [-0.2, 0) is 17.3 Å². The van der Waals surface area contributed by atoms with Crippen LogP contribution in [0.5, 0.6) is 0 Å². The highest BCUT2D eigenvalue weighted by Gasteiger charge is 2.26. The molecule has 0 radical (unpaired) electrons. The van der Waals surface area contributed by atoms with Gasteiger partial charge in [0.2, 0.25) is 0 Å². The number of amides is 1. The molecule has 1 saturated carbocycles. The van der Waals surface area contributed by atoms with E-state index >= 15 is 0 Å². The van der Waals surface area contributed by atoms with Crippen LogP contribution in [-0.4, -0.2) is 46.2 Å². The number of rotatable bonds is 8. The van der Waals surface area contributed by atoms with E-state index in [1.165, 1.54) is 0 Å². The first-order chi connectivity index (χ1) is 14.0. The zero-order valence-corrected chi connectivity index (χ0v) is 21.7. The number of aliphatic imine (C=N–C) groups is 1. The van der Waals surface area contributed by atoms with Gasteiger partial charge in [-0.15, -0.1) is 24.0 Å². The van der Waals surface area contributed by atoms with E-state index in [-0.39, 0.29) is 35.9 Å². The summed E-state index contributed by atoms with van der Waals surface area (Å²) in [6.45, 7) is 6.68. The second kappa shape index (κ2) is 14.0. The lowest BCUT2D eigenvalue weighted by Crippen LogP contribution is -2.46. The third-order valence-corrected chi connectivity index (χ3v) is 7.25. The van der Waals surface area contributed by atoms with Crippen LogP contribution >= 0.6 is 24.0 Å². The van der Waals surface area contributed by atoms with Gasteiger partial charge in [0, 0.05) is 53.0 Å². The van der Waals surface area contributed by atoms with E-state index in [4.69, 9.17) is 0 Å². The minimum absolute atomic E-state index is 0. The Balaban J connectivity index is 0.00000450. The fourth-order valence-corrected chi connectivity index (χ4v) is 4.86. The van der Waals surface area contributed by atoms with Crippen molar-refractivity contribution in [1.29, 1.82) is 0 Å². The zero-order valence-electron chi connectivity index (χ0n) is 18.6. The van der Waals surface area contributed by atoms with Crippen molar-refractivity contribution >= 4 is 46.6 Å². The molecule has 30 heavy (non-hydrogen) atoms. The SMILES string of the molecule is CCC(C)NC(=O)c1ccc(CNC(=NC)NC2CCCC(S(=O)CC)C2)cc1.I. The van der Waals surface area contributed by atoms with Crippen LogP contribution in [0, 0.1) is 0 Å². The van der Waals surface area contributed by atoms with Crippen LogP contribution in [0.25, 0.3) is 0 Å². The van der Waals surface area contributed by atoms with Crippen molar-refractivity contribution in [1.82, 2.24) is 16.0 Å². The molecule has 0 bridgehead atoms. The Morgan fingerprint density at radius 1 is 1.23 bits per heavy atom. The number of carbonyl (C=O) groups excluding carboxylic acids is 1. The fraction of sp³-hybridized carbons (Fsp3) is 0.636. The predicted octanol–water partition coefficient (Wildman–Crippen LogP) is 3.58. The highest BCUT2D eigenvalue weighted by atomic mass is 127. The summed E-state index contributed by atoms with van der Waals surface area (Å²) < 4.78 is 12.1. The van der Waals surface area contributed by atoms with E-state index in [0.29, 0.717) is 23.4 Å². The molecule has 4 atom stereocenters. The summed E-state index contributed by atoms with van der Waals surface area (Å²) in [5.41, 5.74) is 1.76. The monoisotopic (exact) mass is 548 g/mol. The molecule has 0 spiro atoms. The minimum Gasteiger partial charge on any atom is -0.354 e. The molecule has 1 aromatic carbocycles. The fourth-order valence-electron chi connectivity index (χ4n) is 3.51. The lowest BCUT2D eigenvalue weighted by molar-refractivity contribution is 0.0939. The van der Waals surface area contributed by atoms with Crippen LogP contribution in [0.3, 0.4) is 0 Å². The molecule has 1 aliphatic rings. The minimum atomic E-state index is -0.728. The first-order valence-electron chi connectivity index (χ1n) is 10.7. The van der Waals surface area contributed by atoms with E-state index in [1.807, 2.05) is 38.1 Å². The molecule has 2 rings (SSSR count). The number of carbonyl (C=O) groups is 1. The second-order valence-corrected chi connectivity index (χ2v) is 9.71. The summed E-state index contributed by atoms with van der Waals surface area (Å²) in [5, 5.41) is 10.1. The summed E-state index contributed by atoms with van der Waals surface area (Å²) in [4.78, 5) is 16.5. The van der Waals surface area contributed by atoms with Gasteiger partial charge in [0.05, 0.1) is 0 Å². The summed E-state index contributed by atoms with van der Waals surface area (Å²) in [6, 6.07) is 8.13. The van der Waals surface area contributed by atoms with E-state index < -0.39 is 10.8 Å². The number of hydrogen-bond acceptors (Lipinski definition) is 3. The summed E-state index contributed by atoms with van der Waals surface area (Å²) in [6.07, 6.45) is 5.09. The molecule has 0 aromatic heterocycles. The predicted molar refractivity (Wildman–Crippen MR) is 137 cm³/mol. The summed E-state index contributed by atoms with van der Waals surface area (Å²) in [7, 11) is 1.04. The van der Waals surface area contributed by atoms with Gasteiger partial charge in [-0.05, 0) is 50.3 Å². The topological polar surface area (TPSA) is 82.6 Å². The second-order valence-electron chi connectivity index (χ2n) is 7.70. The Labute approximate surface area is 200 Å². The maximum absolute atomic E-state index is 12.2. The molecule has 1 fully saturated rings. The maximum Gasteiger partial charge on any atom is 0.251 e. The van der Waals surface area contributed by atoms with Crippen LogP contribution < -0.4 is 16.0 Å². The van der Waals surface area contributed by atoms with Gasteiger partial charge in [-0.2, -0.15) is 0 Å². The normalized spacial score (nSPS) is 21.1. The van der Waals surface area contributed by atoms with Crippen molar-refractivity contribution in [3.63, 3.8) is 0 Å². The van der Waals surface area contributed by atoms with Crippen molar-refractivity contribution in [3.8, 4) is 0 Å². The molecule has 6 nitrogen and oxygen atoms in total. The molecular formula is C22H37IN4O2S. The Bertz CT molecular complexity index is 712. The molecule has 170 valence electrons. The van der Waals surface area contributed by atoms with Gasteiger partial charge < -0.3 is 16.0 Å². The van der Waals surface area contributed by atoms with E-state index in [9.17, 15) is 9.00 Å². The molecule has 1 amide bonds. The first-order valence-corrected chi connectivity index (χ1v) is 12.1.